The van der Waals surface area contributed by atoms with Crippen LogP contribution in [0.4, 0.5) is 5.69 Å². The molecule has 1 amide bonds. The van der Waals surface area contributed by atoms with Crippen LogP contribution >= 0.6 is 0 Å². The van der Waals surface area contributed by atoms with E-state index < -0.39 is 0 Å². The van der Waals surface area contributed by atoms with E-state index in [2.05, 4.69) is 4.98 Å². The Hall–Kier alpha value is -1.62. The fraction of sp³-hybridized carbons (Fsp3) is 0.571. The largest absolute Gasteiger partial charge is 0.378 e. The van der Waals surface area contributed by atoms with Crippen LogP contribution in [0.5, 0.6) is 0 Å². The van der Waals surface area contributed by atoms with Gasteiger partial charge in [0.2, 0.25) is 0 Å². The lowest BCUT2D eigenvalue weighted by Crippen LogP contribution is -2.52. The predicted molar refractivity (Wildman–Crippen MR) is 74.5 cm³/mol. The topological polar surface area (TPSA) is 45.7 Å². The third-order valence-corrected chi connectivity index (χ3v) is 3.38. The zero-order valence-electron chi connectivity index (χ0n) is 12.0. The first-order valence-corrected chi connectivity index (χ1v) is 6.54. The van der Waals surface area contributed by atoms with E-state index in [-0.39, 0.29) is 18.0 Å². The molecular formula is C14H21N3O2. The number of rotatable bonds is 2. The summed E-state index contributed by atoms with van der Waals surface area (Å²) in [5.41, 5.74) is 1.47. The summed E-state index contributed by atoms with van der Waals surface area (Å²) in [4.78, 5) is 20.6. The summed E-state index contributed by atoms with van der Waals surface area (Å²) in [6.07, 6.45) is 1.68. The van der Waals surface area contributed by atoms with E-state index in [1.165, 1.54) is 0 Å². The van der Waals surface area contributed by atoms with Crippen molar-refractivity contribution < 1.29 is 9.53 Å². The summed E-state index contributed by atoms with van der Waals surface area (Å²) >= 11 is 0. The normalized spacial score (nSPS) is 23.3. The van der Waals surface area contributed by atoms with Crippen LogP contribution in [0.2, 0.25) is 0 Å². The molecule has 0 N–H and O–H groups in total. The number of carbonyl (C=O) groups excluding carboxylic acids is 1. The molecule has 0 bridgehead atoms. The first-order chi connectivity index (χ1) is 9.00. The first-order valence-electron chi connectivity index (χ1n) is 6.54. The quantitative estimate of drug-likeness (QED) is 0.809. The van der Waals surface area contributed by atoms with Crippen LogP contribution in [0.1, 0.15) is 24.3 Å². The van der Waals surface area contributed by atoms with E-state index in [0.717, 1.165) is 5.69 Å². The molecule has 1 aromatic rings. The van der Waals surface area contributed by atoms with Crippen molar-refractivity contribution >= 4 is 11.6 Å². The molecule has 5 heteroatoms. The van der Waals surface area contributed by atoms with Gasteiger partial charge in [-0.1, -0.05) is 0 Å². The zero-order chi connectivity index (χ0) is 14.0. The minimum atomic E-state index is -0.0213. The van der Waals surface area contributed by atoms with Crippen LogP contribution in [0.15, 0.2) is 18.3 Å². The SMILES string of the molecule is C[C@@H]1COC[C@@H](C)N1C(=O)c1cc(N(C)C)ccn1. The Morgan fingerprint density at radius 3 is 2.58 bits per heavy atom. The van der Waals surface area contributed by atoms with Gasteiger partial charge in [-0.15, -0.1) is 0 Å². The van der Waals surface area contributed by atoms with E-state index >= 15 is 0 Å². The van der Waals surface area contributed by atoms with E-state index in [9.17, 15) is 4.79 Å². The first kappa shape index (κ1) is 13.8. The molecule has 104 valence electrons. The van der Waals surface area contributed by atoms with Crippen LogP contribution < -0.4 is 4.90 Å². The Labute approximate surface area is 114 Å². The third kappa shape index (κ3) is 2.87. The summed E-state index contributed by atoms with van der Waals surface area (Å²) in [5.74, 6) is -0.0213. The van der Waals surface area contributed by atoms with E-state index in [1.54, 1.807) is 6.20 Å². The highest BCUT2D eigenvalue weighted by Crippen LogP contribution is 2.18. The number of pyridine rings is 1. The van der Waals surface area contributed by atoms with Crippen LogP contribution in [0.3, 0.4) is 0 Å². The van der Waals surface area contributed by atoms with Crippen molar-refractivity contribution in [3.05, 3.63) is 24.0 Å². The summed E-state index contributed by atoms with van der Waals surface area (Å²) in [5, 5.41) is 0. The molecule has 2 atom stereocenters. The molecular weight excluding hydrogens is 242 g/mol. The molecule has 0 radical (unpaired) electrons. The number of anilines is 1. The highest BCUT2D eigenvalue weighted by molar-refractivity contribution is 5.93. The van der Waals surface area contributed by atoms with E-state index in [4.69, 9.17) is 4.74 Å². The minimum Gasteiger partial charge on any atom is -0.378 e. The van der Waals surface area contributed by atoms with Gasteiger partial charge in [0.1, 0.15) is 5.69 Å². The van der Waals surface area contributed by atoms with Gasteiger partial charge in [0.15, 0.2) is 0 Å². The lowest BCUT2D eigenvalue weighted by molar-refractivity contribution is -0.0252. The molecule has 1 fully saturated rings. The number of amides is 1. The van der Waals surface area contributed by atoms with E-state index in [0.29, 0.717) is 18.9 Å². The van der Waals surface area contributed by atoms with Crippen molar-refractivity contribution in [2.75, 3.05) is 32.2 Å². The van der Waals surface area contributed by atoms with Gasteiger partial charge in [0.05, 0.1) is 25.3 Å². The van der Waals surface area contributed by atoms with Gasteiger partial charge in [0, 0.05) is 26.0 Å². The lowest BCUT2D eigenvalue weighted by Gasteiger charge is -2.38. The average Bonchev–Trinajstić information content (AvgIpc) is 2.38. The van der Waals surface area contributed by atoms with Crippen molar-refractivity contribution in [3.63, 3.8) is 0 Å². The van der Waals surface area contributed by atoms with Crippen LogP contribution in [-0.2, 0) is 4.74 Å². The maximum atomic E-state index is 12.6. The molecule has 0 aliphatic carbocycles. The molecule has 2 heterocycles. The molecule has 2 rings (SSSR count). The van der Waals surface area contributed by atoms with Gasteiger partial charge >= 0.3 is 0 Å². The fourth-order valence-electron chi connectivity index (χ4n) is 2.35. The standard InChI is InChI=1S/C14H21N3O2/c1-10-8-19-9-11(2)17(10)14(18)13-7-12(16(3)4)5-6-15-13/h5-7,10-11H,8-9H2,1-4H3/t10-,11-/m1/s1. The second-order valence-corrected chi connectivity index (χ2v) is 5.24. The Balaban J connectivity index is 2.25. The second-order valence-electron chi connectivity index (χ2n) is 5.24. The van der Waals surface area contributed by atoms with Gasteiger partial charge in [-0.3, -0.25) is 9.78 Å². The number of ether oxygens (including phenoxy) is 1. The highest BCUT2D eigenvalue weighted by Gasteiger charge is 2.31. The van der Waals surface area contributed by atoms with Gasteiger partial charge in [0.25, 0.3) is 5.91 Å². The Bertz CT molecular complexity index is 452. The van der Waals surface area contributed by atoms with Crippen LogP contribution in [-0.4, -0.2) is 55.2 Å². The smallest absolute Gasteiger partial charge is 0.273 e. The summed E-state index contributed by atoms with van der Waals surface area (Å²) in [7, 11) is 3.90. The highest BCUT2D eigenvalue weighted by atomic mass is 16.5. The fourth-order valence-corrected chi connectivity index (χ4v) is 2.35. The van der Waals surface area contributed by atoms with Crippen molar-refractivity contribution in [2.45, 2.75) is 25.9 Å². The summed E-state index contributed by atoms with van der Waals surface area (Å²) in [6, 6.07) is 3.89. The molecule has 1 saturated heterocycles. The summed E-state index contributed by atoms with van der Waals surface area (Å²) in [6.45, 7) is 5.18. The maximum Gasteiger partial charge on any atom is 0.273 e. The number of morpholine rings is 1. The lowest BCUT2D eigenvalue weighted by atomic mass is 10.1. The van der Waals surface area contributed by atoms with Crippen LogP contribution in [0.25, 0.3) is 0 Å². The van der Waals surface area contributed by atoms with Crippen molar-refractivity contribution in [1.82, 2.24) is 9.88 Å². The Morgan fingerprint density at radius 1 is 1.37 bits per heavy atom. The predicted octanol–water partition coefficient (Wildman–Crippen LogP) is 1.40. The van der Waals surface area contributed by atoms with Crippen molar-refractivity contribution in [3.8, 4) is 0 Å². The van der Waals surface area contributed by atoms with Gasteiger partial charge in [-0.05, 0) is 26.0 Å². The number of hydrogen-bond donors (Lipinski definition) is 0. The number of aromatic nitrogens is 1. The molecule has 1 aliphatic heterocycles. The number of carbonyl (C=O) groups is 1. The van der Waals surface area contributed by atoms with Gasteiger partial charge in [-0.25, -0.2) is 0 Å². The van der Waals surface area contributed by atoms with Crippen molar-refractivity contribution in [1.29, 1.82) is 0 Å². The Kier molecular flexibility index (Phi) is 4.04. The van der Waals surface area contributed by atoms with E-state index in [1.807, 2.05) is 49.9 Å². The molecule has 0 aromatic carbocycles. The zero-order valence-corrected chi connectivity index (χ0v) is 12.0. The third-order valence-electron chi connectivity index (χ3n) is 3.38. The number of nitrogens with zero attached hydrogens (tertiary/aromatic N) is 3. The molecule has 1 aromatic heterocycles. The van der Waals surface area contributed by atoms with Gasteiger partial charge in [-0.2, -0.15) is 0 Å². The molecule has 0 saturated carbocycles. The summed E-state index contributed by atoms with van der Waals surface area (Å²) < 4.78 is 5.45. The molecule has 5 nitrogen and oxygen atoms in total. The maximum absolute atomic E-state index is 12.6. The van der Waals surface area contributed by atoms with Gasteiger partial charge < -0.3 is 14.5 Å². The monoisotopic (exact) mass is 263 g/mol. The minimum absolute atomic E-state index is 0.0213. The second kappa shape index (κ2) is 5.57. The molecule has 0 spiro atoms. The molecule has 19 heavy (non-hydrogen) atoms. The van der Waals surface area contributed by atoms with Crippen LogP contribution in [0, 0.1) is 0 Å². The van der Waals surface area contributed by atoms with Crippen molar-refractivity contribution in [2.24, 2.45) is 0 Å². The molecule has 1 aliphatic rings. The average molecular weight is 263 g/mol. The number of hydrogen-bond acceptors (Lipinski definition) is 4. The molecule has 0 unspecified atom stereocenters. The Morgan fingerprint density at radius 2 is 2.00 bits per heavy atom.